The highest BCUT2D eigenvalue weighted by atomic mass is 16.6. The maximum absolute atomic E-state index is 11.9. The number of hydrogen-bond donors (Lipinski definition) is 0. The van der Waals surface area contributed by atoms with Gasteiger partial charge in [-0.15, -0.1) is 5.10 Å². The Labute approximate surface area is 85.9 Å². The molecule has 1 fully saturated rings. The van der Waals surface area contributed by atoms with E-state index in [1.54, 1.807) is 10.6 Å². The molecule has 0 aliphatic carbocycles. The summed E-state index contributed by atoms with van der Waals surface area (Å²) in [7, 11) is 0. The Bertz CT molecular complexity index is 553. The van der Waals surface area contributed by atoms with Gasteiger partial charge in [0.25, 0.3) is 0 Å². The molecule has 1 unspecified atom stereocenters. The molecule has 1 aliphatic heterocycles. The Morgan fingerprint density at radius 3 is 3.07 bits per heavy atom. The van der Waals surface area contributed by atoms with Gasteiger partial charge in [0.2, 0.25) is 0 Å². The third-order valence-corrected chi connectivity index (χ3v) is 2.73. The molecule has 0 aromatic carbocycles. The lowest BCUT2D eigenvalue weighted by atomic mass is 10.3. The van der Waals surface area contributed by atoms with Crippen molar-refractivity contribution in [1.29, 1.82) is 0 Å². The van der Waals surface area contributed by atoms with Crippen molar-refractivity contribution in [3.8, 4) is 0 Å². The third kappa shape index (κ3) is 1.27. The molecule has 2 aromatic heterocycles. The normalized spacial score (nSPS) is 21.8. The molecule has 0 amide bonds. The van der Waals surface area contributed by atoms with Gasteiger partial charge >= 0.3 is 5.69 Å². The first kappa shape index (κ1) is 8.67. The standard InChI is InChI=1S/C10H11N3O2/c1-7(8-6-15-8)13-10(14)12-5-3-2-4-9(12)11-13/h2-5,7-8H,6H2,1H3/t7-,8?/m0/s1. The van der Waals surface area contributed by atoms with Crippen molar-refractivity contribution in [2.75, 3.05) is 6.61 Å². The summed E-state index contributed by atoms with van der Waals surface area (Å²) in [6.07, 6.45) is 1.87. The number of rotatable bonds is 2. The quantitative estimate of drug-likeness (QED) is 0.669. The van der Waals surface area contributed by atoms with Gasteiger partial charge in [0.15, 0.2) is 5.65 Å². The Balaban J connectivity index is 2.18. The van der Waals surface area contributed by atoms with E-state index >= 15 is 0 Å². The van der Waals surface area contributed by atoms with Gasteiger partial charge in [-0.3, -0.25) is 4.40 Å². The van der Waals surface area contributed by atoms with E-state index in [-0.39, 0.29) is 17.8 Å². The molecule has 3 rings (SSSR count). The second-order valence-electron chi connectivity index (χ2n) is 3.77. The van der Waals surface area contributed by atoms with Crippen LogP contribution in [-0.2, 0) is 4.74 Å². The van der Waals surface area contributed by atoms with Gasteiger partial charge in [-0.25, -0.2) is 9.48 Å². The van der Waals surface area contributed by atoms with Gasteiger partial charge < -0.3 is 4.74 Å². The molecule has 0 bridgehead atoms. The first-order chi connectivity index (χ1) is 7.27. The van der Waals surface area contributed by atoms with Crippen LogP contribution in [0.1, 0.15) is 13.0 Å². The van der Waals surface area contributed by atoms with E-state index in [1.807, 2.05) is 25.1 Å². The second kappa shape index (κ2) is 2.93. The fourth-order valence-electron chi connectivity index (χ4n) is 1.70. The van der Waals surface area contributed by atoms with Gasteiger partial charge in [0, 0.05) is 6.20 Å². The van der Waals surface area contributed by atoms with Crippen molar-refractivity contribution >= 4 is 5.65 Å². The Hall–Kier alpha value is -1.62. The number of nitrogens with zero attached hydrogens (tertiary/aromatic N) is 3. The lowest BCUT2D eigenvalue weighted by molar-refractivity contribution is 0.321. The van der Waals surface area contributed by atoms with Crippen molar-refractivity contribution < 1.29 is 4.74 Å². The van der Waals surface area contributed by atoms with Crippen molar-refractivity contribution in [2.45, 2.75) is 19.1 Å². The fourth-order valence-corrected chi connectivity index (χ4v) is 1.70. The van der Waals surface area contributed by atoms with E-state index in [2.05, 4.69) is 5.10 Å². The van der Waals surface area contributed by atoms with E-state index in [0.29, 0.717) is 5.65 Å². The van der Waals surface area contributed by atoms with E-state index in [4.69, 9.17) is 4.74 Å². The molecule has 0 spiro atoms. The van der Waals surface area contributed by atoms with E-state index in [0.717, 1.165) is 6.61 Å². The number of fused-ring (bicyclic) bond motifs is 1. The summed E-state index contributed by atoms with van der Waals surface area (Å²) in [5.74, 6) is 0. The SMILES string of the molecule is C[C@@H](C1CO1)n1nc2ccccn2c1=O. The van der Waals surface area contributed by atoms with Crippen molar-refractivity contribution in [3.05, 3.63) is 34.9 Å². The molecule has 1 aliphatic rings. The van der Waals surface area contributed by atoms with Crippen LogP contribution in [0.15, 0.2) is 29.2 Å². The highest BCUT2D eigenvalue weighted by Gasteiger charge is 2.32. The fraction of sp³-hybridized carbons (Fsp3) is 0.400. The lowest BCUT2D eigenvalue weighted by Gasteiger charge is -2.04. The van der Waals surface area contributed by atoms with Crippen molar-refractivity contribution in [3.63, 3.8) is 0 Å². The summed E-state index contributed by atoms with van der Waals surface area (Å²) in [6, 6.07) is 5.51. The molecule has 78 valence electrons. The minimum atomic E-state index is -0.103. The molecule has 5 heteroatoms. The molecule has 0 saturated carbocycles. The molecular weight excluding hydrogens is 194 g/mol. The van der Waals surface area contributed by atoms with Crippen LogP contribution in [0.4, 0.5) is 0 Å². The van der Waals surface area contributed by atoms with Gasteiger partial charge in [0.05, 0.1) is 12.6 Å². The molecule has 2 aromatic rings. The molecule has 5 nitrogen and oxygen atoms in total. The van der Waals surface area contributed by atoms with Crippen LogP contribution in [0.3, 0.4) is 0 Å². The average Bonchev–Trinajstić information content (AvgIpc) is 3.04. The predicted molar refractivity (Wildman–Crippen MR) is 53.9 cm³/mol. The zero-order chi connectivity index (χ0) is 10.4. The molecule has 3 heterocycles. The van der Waals surface area contributed by atoms with Crippen LogP contribution in [-0.4, -0.2) is 26.9 Å². The summed E-state index contributed by atoms with van der Waals surface area (Å²) < 4.78 is 8.20. The van der Waals surface area contributed by atoms with Crippen LogP contribution in [0.25, 0.3) is 5.65 Å². The number of epoxide rings is 1. The maximum atomic E-state index is 11.9. The van der Waals surface area contributed by atoms with Crippen molar-refractivity contribution in [1.82, 2.24) is 14.2 Å². The molecule has 0 radical (unpaired) electrons. The largest absolute Gasteiger partial charge is 0.371 e. The molecule has 2 atom stereocenters. The lowest BCUT2D eigenvalue weighted by Crippen LogP contribution is -2.26. The third-order valence-electron chi connectivity index (χ3n) is 2.73. The van der Waals surface area contributed by atoms with Gasteiger partial charge in [-0.2, -0.15) is 0 Å². The minimum Gasteiger partial charge on any atom is -0.371 e. The van der Waals surface area contributed by atoms with Crippen LogP contribution in [0.5, 0.6) is 0 Å². The van der Waals surface area contributed by atoms with Crippen LogP contribution in [0, 0.1) is 0 Å². The topological polar surface area (TPSA) is 51.8 Å². The van der Waals surface area contributed by atoms with Gasteiger partial charge in [0.1, 0.15) is 6.10 Å². The maximum Gasteiger partial charge on any atom is 0.350 e. The monoisotopic (exact) mass is 205 g/mol. The molecule has 0 N–H and O–H groups in total. The zero-order valence-electron chi connectivity index (χ0n) is 8.33. The molecular formula is C10H11N3O2. The Kier molecular flexibility index (Phi) is 1.70. The number of ether oxygens (including phenoxy) is 1. The highest BCUT2D eigenvalue weighted by Crippen LogP contribution is 2.22. The second-order valence-corrected chi connectivity index (χ2v) is 3.77. The van der Waals surface area contributed by atoms with Crippen LogP contribution in [0.2, 0.25) is 0 Å². The summed E-state index contributed by atoms with van der Waals surface area (Å²) in [5, 5.41) is 4.26. The smallest absolute Gasteiger partial charge is 0.350 e. The first-order valence-electron chi connectivity index (χ1n) is 4.95. The summed E-state index contributed by atoms with van der Waals surface area (Å²) in [6.45, 7) is 2.67. The van der Waals surface area contributed by atoms with E-state index in [9.17, 15) is 4.79 Å². The van der Waals surface area contributed by atoms with Crippen LogP contribution < -0.4 is 5.69 Å². The molecule has 1 saturated heterocycles. The van der Waals surface area contributed by atoms with E-state index < -0.39 is 0 Å². The summed E-state index contributed by atoms with van der Waals surface area (Å²) in [5.41, 5.74) is 0.573. The van der Waals surface area contributed by atoms with Gasteiger partial charge in [-0.1, -0.05) is 6.07 Å². The number of aromatic nitrogens is 3. The predicted octanol–water partition coefficient (Wildman–Crippen LogP) is 0.456. The average molecular weight is 205 g/mol. The van der Waals surface area contributed by atoms with Crippen molar-refractivity contribution in [2.24, 2.45) is 0 Å². The minimum absolute atomic E-state index is 0.0115. The zero-order valence-corrected chi connectivity index (χ0v) is 8.33. The first-order valence-corrected chi connectivity index (χ1v) is 4.95. The summed E-state index contributed by atoms with van der Waals surface area (Å²) in [4.78, 5) is 11.9. The Morgan fingerprint density at radius 2 is 2.40 bits per heavy atom. The number of pyridine rings is 1. The Morgan fingerprint density at radius 1 is 1.60 bits per heavy atom. The summed E-state index contributed by atoms with van der Waals surface area (Å²) >= 11 is 0. The van der Waals surface area contributed by atoms with Gasteiger partial charge in [-0.05, 0) is 19.1 Å². The van der Waals surface area contributed by atoms with Crippen LogP contribution >= 0.6 is 0 Å². The van der Waals surface area contributed by atoms with E-state index in [1.165, 1.54) is 4.68 Å². The highest BCUT2D eigenvalue weighted by molar-refractivity contribution is 5.35. The number of hydrogen-bond acceptors (Lipinski definition) is 3. The molecule has 15 heavy (non-hydrogen) atoms.